The second-order valence-corrected chi connectivity index (χ2v) is 4.17. The summed E-state index contributed by atoms with van der Waals surface area (Å²) < 4.78 is 1.74. The van der Waals surface area contributed by atoms with E-state index in [9.17, 15) is 4.79 Å². The molecule has 0 aromatic carbocycles. The van der Waals surface area contributed by atoms with E-state index in [1.165, 1.54) is 12.8 Å². The van der Waals surface area contributed by atoms with Crippen molar-refractivity contribution in [3.63, 3.8) is 0 Å². The van der Waals surface area contributed by atoms with Gasteiger partial charge >= 0.3 is 5.97 Å². The van der Waals surface area contributed by atoms with Crippen LogP contribution in [0.5, 0.6) is 0 Å². The maximum Gasteiger partial charge on any atom is 0.356 e. The molecule has 1 N–H and O–H groups in total. The predicted molar refractivity (Wildman–Crippen MR) is 51.1 cm³/mol. The molecule has 0 radical (unpaired) electrons. The number of carbonyl (C=O) groups is 1. The molecule has 76 valence electrons. The molecule has 1 aliphatic carbocycles. The summed E-state index contributed by atoms with van der Waals surface area (Å²) in [6.45, 7) is 3.10. The van der Waals surface area contributed by atoms with Crippen LogP contribution in [0.1, 0.15) is 30.3 Å². The summed E-state index contributed by atoms with van der Waals surface area (Å²) in [6.07, 6.45) is 4.22. The molecule has 4 nitrogen and oxygen atoms in total. The van der Waals surface area contributed by atoms with Gasteiger partial charge in [0.25, 0.3) is 0 Å². The van der Waals surface area contributed by atoms with E-state index in [4.69, 9.17) is 5.11 Å². The van der Waals surface area contributed by atoms with Crippen LogP contribution in [0.3, 0.4) is 0 Å². The highest BCUT2D eigenvalue weighted by atomic mass is 16.4. The number of nitrogens with zero attached hydrogens (tertiary/aromatic N) is 2. The third-order valence-corrected chi connectivity index (χ3v) is 2.78. The number of carboxylic acid groups (broad SMARTS) is 1. The average Bonchev–Trinajstić information content (AvgIpc) is 2.50. The highest BCUT2D eigenvalue weighted by Crippen LogP contribution is 2.33. The maximum atomic E-state index is 10.6. The molecular formula is C10H14N2O2. The first-order valence-electron chi connectivity index (χ1n) is 4.92. The van der Waals surface area contributed by atoms with Gasteiger partial charge in [-0.2, -0.15) is 5.10 Å². The Labute approximate surface area is 82.5 Å². The van der Waals surface area contributed by atoms with E-state index >= 15 is 0 Å². The van der Waals surface area contributed by atoms with Crippen LogP contribution in [-0.2, 0) is 6.54 Å². The molecule has 0 bridgehead atoms. The van der Waals surface area contributed by atoms with Gasteiger partial charge < -0.3 is 5.11 Å². The van der Waals surface area contributed by atoms with Crippen LogP contribution in [0.2, 0.25) is 0 Å². The van der Waals surface area contributed by atoms with E-state index < -0.39 is 5.97 Å². The van der Waals surface area contributed by atoms with Gasteiger partial charge in [-0.05, 0) is 30.7 Å². The Balaban J connectivity index is 1.93. The summed E-state index contributed by atoms with van der Waals surface area (Å²) in [4.78, 5) is 10.6. The van der Waals surface area contributed by atoms with E-state index in [1.54, 1.807) is 16.9 Å². The summed E-state index contributed by atoms with van der Waals surface area (Å²) >= 11 is 0. The molecule has 14 heavy (non-hydrogen) atoms. The van der Waals surface area contributed by atoms with E-state index in [-0.39, 0.29) is 5.69 Å². The summed E-state index contributed by atoms with van der Waals surface area (Å²) in [5.41, 5.74) is 0.136. The first-order valence-corrected chi connectivity index (χ1v) is 4.92. The molecule has 1 aromatic heterocycles. The zero-order chi connectivity index (χ0) is 10.1. The lowest BCUT2D eigenvalue weighted by atomic mass is 9.76. The van der Waals surface area contributed by atoms with Gasteiger partial charge in [-0.25, -0.2) is 4.79 Å². The average molecular weight is 194 g/mol. The van der Waals surface area contributed by atoms with Crippen molar-refractivity contribution >= 4 is 5.97 Å². The Hall–Kier alpha value is -1.32. The van der Waals surface area contributed by atoms with E-state index in [2.05, 4.69) is 12.0 Å². The van der Waals surface area contributed by atoms with Crippen molar-refractivity contribution < 1.29 is 9.90 Å². The lowest BCUT2D eigenvalue weighted by Gasteiger charge is -2.32. The van der Waals surface area contributed by atoms with Crippen molar-refractivity contribution in [2.24, 2.45) is 11.8 Å². The minimum atomic E-state index is -0.953. The molecule has 4 heteroatoms. The standard InChI is InChI=1S/C10H14N2O2/c1-7-4-8(5-7)6-12-3-2-9(11-12)10(13)14/h2-3,7-8H,4-6H2,1H3,(H,13,14). The summed E-state index contributed by atoms with van der Waals surface area (Å²) in [6, 6.07) is 1.55. The molecule has 0 atom stereocenters. The number of hydrogen-bond donors (Lipinski definition) is 1. The van der Waals surface area contributed by atoms with Crippen LogP contribution >= 0.6 is 0 Å². The van der Waals surface area contributed by atoms with Crippen molar-refractivity contribution in [2.75, 3.05) is 0 Å². The normalized spacial score (nSPS) is 25.8. The SMILES string of the molecule is CC1CC(Cn2ccc(C(=O)O)n2)C1. The molecular weight excluding hydrogens is 180 g/mol. The van der Waals surface area contributed by atoms with E-state index in [1.807, 2.05) is 0 Å². The Morgan fingerprint density at radius 1 is 1.71 bits per heavy atom. The second kappa shape index (κ2) is 3.44. The van der Waals surface area contributed by atoms with Gasteiger partial charge in [0.05, 0.1) is 0 Å². The summed E-state index contributed by atoms with van der Waals surface area (Å²) in [5.74, 6) is 0.562. The number of rotatable bonds is 3. The first kappa shape index (κ1) is 9.24. The van der Waals surface area contributed by atoms with Crippen molar-refractivity contribution in [3.8, 4) is 0 Å². The molecule has 1 heterocycles. The topological polar surface area (TPSA) is 55.1 Å². The third kappa shape index (κ3) is 1.78. The molecule has 0 aliphatic heterocycles. The van der Waals surface area contributed by atoms with Crippen LogP contribution < -0.4 is 0 Å². The maximum absolute atomic E-state index is 10.6. The Morgan fingerprint density at radius 3 is 2.93 bits per heavy atom. The zero-order valence-corrected chi connectivity index (χ0v) is 8.18. The molecule has 1 aromatic rings. The molecule has 0 amide bonds. The smallest absolute Gasteiger partial charge is 0.356 e. The molecule has 2 rings (SSSR count). The number of carboxylic acids is 1. The van der Waals surface area contributed by atoms with Gasteiger partial charge in [0.15, 0.2) is 5.69 Å². The van der Waals surface area contributed by atoms with Crippen molar-refractivity contribution in [1.82, 2.24) is 9.78 Å². The molecule has 0 unspecified atom stereocenters. The predicted octanol–water partition coefficient (Wildman–Crippen LogP) is 1.63. The minimum Gasteiger partial charge on any atom is -0.476 e. The van der Waals surface area contributed by atoms with Crippen molar-refractivity contribution in [1.29, 1.82) is 0 Å². The monoisotopic (exact) mass is 194 g/mol. The second-order valence-electron chi connectivity index (χ2n) is 4.17. The lowest BCUT2D eigenvalue weighted by Crippen LogP contribution is -2.25. The molecule has 1 saturated carbocycles. The van der Waals surface area contributed by atoms with Crippen molar-refractivity contribution in [2.45, 2.75) is 26.3 Å². The number of aromatic nitrogens is 2. The van der Waals surface area contributed by atoms with Gasteiger partial charge in [0.2, 0.25) is 0 Å². The van der Waals surface area contributed by atoms with Gasteiger partial charge in [0, 0.05) is 12.7 Å². The Bertz CT molecular complexity index is 340. The van der Waals surface area contributed by atoms with Crippen LogP contribution in [0.25, 0.3) is 0 Å². The van der Waals surface area contributed by atoms with Crippen LogP contribution in [-0.4, -0.2) is 20.9 Å². The van der Waals surface area contributed by atoms with Gasteiger partial charge in [0.1, 0.15) is 0 Å². The fraction of sp³-hybridized carbons (Fsp3) is 0.600. The summed E-state index contributed by atoms with van der Waals surface area (Å²) in [7, 11) is 0. The highest BCUT2D eigenvalue weighted by molar-refractivity contribution is 5.84. The van der Waals surface area contributed by atoms with E-state index in [0.29, 0.717) is 5.92 Å². The van der Waals surface area contributed by atoms with Crippen LogP contribution in [0.4, 0.5) is 0 Å². The first-order chi connectivity index (χ1) is 6.65. The quantitative estimate of drug-likeness (QED) is 0.795. The van der Waals surface area contributed by atoms with Gasteiger partial charge in [-0.15, -0.1) is 0 Å². The van der Waals surface area contributed by atoms with Gasteiger partial charge in [-0.1, -0.05) is 6.92 Å². The fourth-order valence-corrected chi connectivity index (χ4v) is 2.06. The van der Waals surface area contributed by atoms with Crippen LogP contribution in [0.15, 0.2) is 12.3 Å². The van der Waals surface area contributed by atoms with Crippen molar-refractivity contribution in [3.05, 3.63) is 18.0 Å². The fourth-order valence-electron chi connectivity index (χ4n) is 2.06. The van der Waals surface area contributed by atoms with E-state index in [0.717, 1.165) is 12.5 Å². The molecule has 1 aliphatic rings. The Kier molecular flexibility index (Phi) is 2.27. The highest BCUT2D eigenvalue weighted by Gasteiger charge is 2.25. The van der Waals surface area contributed by atoms with Gasteiger partial charge in [-0.3, -0.25) is 4.68 Å². The number of aromatic carboxylic acids is 1. The molecule has 0 spiro atoms. The Morgan fingerprint density at radius 2 is 2.43 bits per heavy atom. The third-order valence-electron chi connectivity index (χ3n) is 2.78. The minimum absolute atomic E-state index is 0.136. The number of hydrogen-bond acceptors (Lipinski definition) is 2. The zero-order valence-electron chi connectivity index (χ0n) is 8.18. The summed E-state index contributed by atoms with van der Waals surface area (Å²) in [5, 5.41) is 12.6. The largest absolute Gasteiger partial charge is 0.476 e. The van der Waals surface area contributed by atoms with Crippen LogP contribution in [0, 0.1) is 11.8 Å². The molecule has 0 saturated heterocycles. The lowest BCUT2D eigenvalue weighted by molar-refractivity contribution is 0.0688. The molecule has 1 fully saturated rings.